The highest BCUT2D eigenvalue weighted by molar-refractivity contribution is 5.71. The van der Waals surface area contributed by atoms with Crippen LogP contribution in [0.1, 0.15) is 258 Å². The van der Waals surface area contributed by atoms with Gasteiger partial charge in [0.2, 0.25) is 0 Å². The van der Waals surface area contributed by atoms with Crippen LogP contribution in [0.3, 0.4) is 0 Å². The zero-order valence-electron chi connectivity index (χ0n) is 63.0. The Balaban J connectivity index is 4.22. The SMILES string of the molecule is CC/C=C\C/C=C\C/C=C\C/C=C\C/C=C\C/C=C\C/C=C\C/C=C\C/C=C\C/C=C\CCCCCCCCC(=O)OC(COC(=O)CCCCCCCCCCC/C=C\C/C=C\C/C=C\C/C=C\C/C=C\C/C=C\C/C=C\C/C=C\C/C=C\CC)COC(OCC[N+](C)(C)C)C(=O)O. The van der Waals surface area contributed by atoms with Crippen LogP contribution >= 0.6 is 0 Å². The number of hydrogen-bond acceptors (Lipinski definition) is 7. The number of allylic oxidation sites excluding steroid dienone is 38. The van der Waals surface area contributed by atoms with E-state index in [4.69, 9.17) is 18.9 Å². The van der Waals surface area contributed by atoms with Gasteiger partial charge in [-0.2, -0.15) is 0 Å². The van der Waals surface area contributed by atoms with Gasteiger partial charge < -0.3 is 28.5 Å². The number of carboxylic acid groups (broad SMARTS) is 1. The number of carboxylic acids is 1. The zero-order valence-corrected chi connectivity index (χ0v) is 63.0. The largest absolute Gasteiger partial charge is 0.477 e. The van der Waals surface area contributed by atoms with Gasteiger partial charge in [0.25, 0.3) is 6.29 Å². The molecule has 0 aromatic carbocycles. The van der Waals surface area contributed by atoms with E-state index in [-0.39, 0.29) is 38.6 Å². The second-order valence-electron chi connectivity index (χ2n) is 25.8. The van der Waals surface area contributed by atoms with E-state index in [0.717, 1.165) is 193 Å². The highest BCUT2D eigenvalue weighted by Gasteiger charge is 2.25. The molecular formula is C90H140NO8+. The molecule has 2 atom stereocenters. The molecule has 9 nitrogen and oxygen atoms in total. The Labute approximate surface area is 606 Å². The van der Waals surface area contributed by atoms with Crippen LogP contribution < -0.4 is 0 Å². The van der Waals surface area contributed by atoms with Crippen LogP contribution in [0, 0.1) is 0 Å². The Morgan fingerprint density at radius 3 is 0.808 bits per heavy atom. The fourth-order valence-corrected chi connectivity index (χ4v) is 9.62. The average molecular weight is 1360 g/mol. The Bertz CT molecular complexity index is 2490. The smallest absolute Gasteiger partial charge is 0.361 e. The molecule has 552 valence electrons. The number of carbonyl (C=O) groups is 3. The normalized spacial score (nSPS) is 14.0. The molecule has 0 aliphatic heterocycles. The third kappa shape index (κ3) is 78.6. The Kier molecular flexibility index (Phi) is 71.9. The highest BCUT2D eigenvalue weighted by Crippen LogP contribution is 2.15. The summed E-state index contributed by atoms with van der Waals surface area (Å²) in [5.74, 6) is -2.06. The number of rotatable bonds is 68. The number of quaternary nitrogens is 1. The van der Waals surface area contributed by atoms with Gasteiger partial charge in [0.1, 0.15) is 13.2 Å². The van der Waals surface area contributed by atoms with Gasteiger partial charge >= 0.3 is 17.9 Å². The van der Waals surface area contributed by atoms with Gasteiger partial charge in [-0.1, -0.05) is 315 Å². The van der Waals surface area contributed by atoms with Crippen molar-refractivity contribution < 1.29 is 42.9 Å². The molecule has 0 heterocycles. The van der Waals surface area contributed by atoms with E-state index >= 15 is 0 Å². The Morgan fingerprint density at radius 2 is 0.545 bits per heavy atom. The third-order valence-electron chi connectivity index (χ3n) is 15.4. The van der Waals surface area contributed by atoms with Crippen molar-refractivity contribution >= 4 is 17.9 Å². The fourth-order valence-electron chi connectivity index (χ4n) is 9.62. The van der Waals surface area contributed by atoms with Crippen molar-refractivity contribution in [3.8, 4) is 0 Å². The van der Waals surface area contributed by atoms with Crippen LogP contribution in [0.25, 0.3) is 0 Å². The predicted molar refractivity (Wildman–Crippen MR) is 428 cm³/mol. The Morgan fingerprint density at radius 1 is 0.303 bits per heavy atom. The lowest BCUT2D eigenvalue weighted by molar-refractivity contribution is -0.870. The van der Waals surface area contributed by atoms with Crippen molar-refractivity contribution in [3.05, 3.63) is 231 Å². The summed E-state index contributed by atoms with van der Waals surface area (Å²) in [6.45, 7) is 4.60. The number of unbranched alkanes of at least 4 members (excludes halogenated alkanes) is 15. The van der Waals surface area contributed by atoms with Crippen molar-refractivity contribution in [3.63, 3.8) is 0 Å². The van der Waals surface area contributed by atoms with E-state index in [9.17, 15) is 19.5 Å². The summed E-state index contributed by atoms with van der Waals surface area (Å²) in [4.78, 5) is 37.7. The molecule has 0 amide bonds. The molecule has 0 aromatic heterocycles. The van der Waals surface area contributed by atoms with Gasteiger partial charge in [-0.05, 0) is 161 Å². The summed E-state index contributed by atoms with van der Waals surface area (Å²) in [6.07, 6.45) is 120. The minimum Gasteiger partial charge on any atom is -0.477 e. The molecule has 0 saturated heterocycles. The van der Waals surface area contributed by atoms with Gasteiger partial charge in [0.05, 0.1) is 34.4 Å². The lowest BCUT2D eigenvalue weighted by Crippen LogP contribution is -2.40. The quantitative estimate of drug-likeness (QED) is 0.0211. The topological polar surface area (TPSA) is 108 Å². The molecule has 1 N–H and O–H groups in total. The average Bonchev–Trinajstić information content (AvgIpc) is 2.19. The first-order chi connectivity index (χ1) is 48.6. The molecule has 0 radical (unpaired) electrons. The minimum atomic E-state index is -1.53. The van der Waals surface area contributed by atoms with Crippen molar-refractivity contribution in [2.75, 3.05) is 47.5 Å². The van der Waals surface area contributed by atoms with Gasteiger partial charge in [-0.25, -0.2) is 4.79 Å². The molecule has 0 aliphatic carbocycles. The van der Waals surface area contributed by atoms with E-state index in [1.165, 1.54) is 32.1 Å². The first kappa shape index (κ1) is 92.4. The number of likely N-dealkylation sites (N-methyl/N-ethyl adjacent to an activating group) is 1. The number of nitrogens with zero attached hydrogens (tertiary/aromatic N) is 1. The van der Waals surface area contributed by atoms with Gasteiger partial charge in [0.15, 0.2) is 6.10 Å². The van der Waals surface area contributed by atoms with Gasteiger partial charge in [-0.3, -0.25) is 9.59 Å². The zero-order chi connectivity index (χ0) is 71.8. The number of carbonyl (C=O) groups excluding carboxylic acids is 2. The number of aliphatic carboxylic acids is 1. The van der Waals surface area contributed by atoms with Gasteiger partial charge in [0, 0.05) is 12.8 Å². The second-order valence-corrected chi connectivity index (χ2v) is 25.8. The predicted octanol–water partition coefficient (Wildman–Crippen LogP) is 25.0. The molecule has 0 fully saturated rings. The van der Waals surface area contributed by atoms with Gasteiger partial charge in [-0.15, -0.1) is 0 Å². The minimum absolute atomic E-state index is 0.171. The summed E-state index contributed by atoms with van der Waals surface area (Å²) in [6, 6.07) is 0. The molecule has 0 aromatic rings. The van der Waals surface area contributed by atoms with E-state index in [1.807, 2.05) is 21.1 Å². The molecule has 0 saturated carbocycles. The third-order valence-corrected chi connectivity index (χ3v) is 15.4. The molecule has 99 heavy (non-hydrogen) atoms. The maximum Gasteiger partial charge on any atom is 0.361 e. The molecule has 0 rings (SSSR count). The van der Waals surface area contributed by atoms with E-state index in [2.05, 4.69) is 245 Å². The first-order valence-electron chi connectivity index (χ1n) is 38.5. The maximum atomic E-state index is 13.0. The van der Waals surface area contributed by atoms with Crippen LogP contribution in [0.15, 0.2) is 231 Å². The number of hydrogen-bond donors (Lipinski definition) is 1. The summed E-state index contributed by atoms with van der Waals surface area (Å²) in [7, 11) is 5.96. The van der Waals surface area contributed by atoms with E-state index in [1.54, 1.807) is 0 Å². The van der Waals surface area contributed by atoms with Crippen LogP contribution in [0.5, 0.6) is 0 Å². The summed E-state index contributed by atoms with van der Waals surface area (Å²) >= 11 is 0. The molecule has 0 aliphatic rings. The Hall–Kier alpha value is -6.65. The summed E-state index contributed by atoms with van der Waals surface area (Å²) in [5.41, 5.74) is 0. The molecule has 9 heteroatoms. The van der Waals surface area contributed by atoms with Crippen molar-refractivity contribution in [1.29, 1.82) is 0 Å². The molecular weight excluding hydrogens is 1220 g/mol. The van der Waals surface area contributed by atoms with E-state index < -0.39 is 24.3 Å². The fraction of sp³-hybridized carbons (Fsp3) is 0.544. The van der Waals surface area contributed by atoms with Crippen LogP contribution in [-0.2, 0) is 33.3 Å². The number of esters is 2. The molecule has 0 spiro atoms. The monoisotopic (exact) mass is 1360 g/mol. The second kappa shape index (κ2) is 77.1. The molecule has 0 bridgehead atoms. The standard InChI is InChI=1S/C90H139NO8/c1-6-8-10-12-14-16-18-20-22-24-26-28-30-32-34-36-38-40-42-44-46-48-50-52-54-56-58-60-62-64-66-68-70-72-74-76-78-80-87(92)97-84-86(85-98-90(89(94)95)96-83-82-91(3,4)5)99-88(93)81-79-77-75-73-71-69-67-65-63-61-59-57-55-53-51-49-47-45-43-41-39-37-35-33-31-29-27-25-23-21-19-17-15-13-11-9-7-2/h8-11,14-17,20-23,26-29,32-35,38-41,44-47,50-53,56-59,63,65,86,90H,6-7,12-13,18-19,24-25,30-31,36-37,42-43,48-49,54-55,60-62,64,66-85H2,1-5H3/p+1/b10-8-,11-9-,16-14-,17-15-,22-20-,23-21-,28-26-,29-27-,34-32-,35-33-,40-38-,41-39-,46-44-,47-45-,52-50-,53-51-,58-56-,59-57-,65-63-. The van der Waals surface area contributed by atoms with E-state index in [0.29, 0.717) is 17.4 Å². The van der Waals surface area contributed by atoms with Crippen molar-refractivity contribution in [2.45, 2.75) is 270 Å². The first-order valence-corrected chi connectivity index (χ1v) is 38.5. The van der Waals surface area contributed by atoms with Crippen molar-refractivity contribution in [2.24, 2.45) is 0 Å². The van der Waals surface area contributed by atoms with Crippen molar-refractivity contribution in [1.82, 2.24) is 0 Å². The maximum absolute atomic E-state index is 13.0. The van der Waals surface area contributed by atoms with Crippen LogP contribution in [-0.4, -0.2) is 87.4 Å². The summed E-state index contributed by atoms with van der Waals surface area (Å²) < 4.78 is 23.0. The highest BCUT2D eigenvalue weighted by atomic mass is 16.7. The summed E-state index contributed by atoms with van der Waals surface area (Å²) in [5, 5.41) is 9.77. The van der Waals surface area contributed by atoms with Crippen LogP contribution in [0.2, 0.25) is 0 Å². The van der Waals surface area contributed by atoms with Crippen LogP contribution in [0.4, 0.5) is 0 Å². The lowest BCUT2D eigenvalue weighted by Gasteiger charge is -2.25. The number of ether oxygens (including phenoxy) is 4. The lowest BCUT2D eigenvalue weighted by atomic mass is 10.1. The molecule has 2 unspecified atom stereocenters.